The van der Waals surface area contributed by atoms with E-state index in [1.165, 1.54) is 0 Å². The van der Waals surface area contributed by atoms with E-state index in [0.29, 0.717) is 18.9 Å². The lowest BCUT2D eigenvalue weighted by atomic mass is 9.63. The van der Waals surface area contributed by atoms with Crippen LogP contribution in [0.4, 0.5) is 0 Å². The Balaban J connectivity index is 0.000000296. The van der Waals surface area contributed by atoms with Crippen LogP contribution in [-0.4, -0.2) is 49.0 Å². The Morgan fingerprint density at radius 1 is 0.828 bits per heavy atom. The summed E-state index contributed by atoms with van der Waals surface area (Å²) in [6.45, 7) is 8.91. The van der Waals surface area contributed by atoms with Gasteiger partial charge in [-0.1, -0.05) is 27.7 Å². The summed E-state index contributed by atoms with van der Waals surface area (Å²) in [5.74, 6) is 0.388. The summed E-state index contributed by atoms with van der Waals surface area (Å²) in [6, 6.07) is -0.0164. The van der Waals surface area contributed by atoms with E-state index in [2.05, 4.69) is 40.7 Å². The Labute approximate surface area is 171 Å². The topological polar surface area (TPSA) is 118 Å². The lowest BCUT2D eigenvalue weighted by molar-refractivity contribution is 0.0915. The molecule has 0 saturated heterocycles. The molecule has 2 saturated carbocycles. The van der Waals surface area contributed by atoms with Gasteiger partial charge in [0.15, 0.2) is 0 Å². The van der Waals surface area contributed by atoms with E-state index < -0.39 is 0 Å². The summed E-state index contributed by atoms with van der Waals surface area (Å²) in [6.07, 6.45) is 11.5. The van der Waals surface area contributed by atoms with Crippen molar-refractivity contribution in [1.82, 2.24) is 0 Å². The van der Waals surface area contributed by atoms with Crippen LogP contribution >= 0.6 is 0 Å². The van der Waals surface area contributed by atoms with Crippen LogP contribution in [0.25, 0.3) is 0 Å². The molecule has 29 heavy (non-hydrogen) atoms. The molecule has 0 heterocycles. The van der Waals surface area contributed by atoms with Crippen molar-refractivity contribution in [2.24, 2.45) is 36.7 Å². The Bertz CT molecular complexity index is 742. The summed E-state index contributed by atoms with van der Waals surface area (Å²) in [4.78, 5) is 55.5. The lowest BCUT2D eigenvalue weighted by Crippen LogP contribution is -2.39. The second-order valence-corrected chi connectivity index (χ2v) is 9.29. The van der Waals surface area contributed by atoms with E-state index >= 15 is 0 Å². The molecule has 0 aromatic carbocycles. The number of hydrogen-bond acceptors (Lipinski definition) is 8. The maximum Gasteiger partial charge on any atom is 0.235 e. The molecule has 0 aliphatic heterocycles. The predicted octanol–water partition coefficient (Wildman–Crippen LogP) is 3.46. The maximum atomic E-state index is 10.3. The molecule has 8 heteroatoms. The van der Waals surface area contributed by atoms with Crippen LogP contribution in [-0.2, 0) is 19.2 Å². The van der Waals surface area contributed by atoms with Gasteiger partial charge in [0, 0.05) is 0 Å². The Morgan fingerprint density at radius 2 is 1.45 bits per heavy atom. The molecule has 2 aliphatic carbocycles. The molecule has 0 bridgehead atoms. The van der Waals surface area contributed by atoms with E-state index in [9.17, 15) is 19.2 Å². The van der Waals surface area contributed by atoms with Gasteiger partial charge in [0.2, 0.25) is 24.3 Å². The average molecular weight is 402 g/mol. The fraction of sp³-hybridized carbons (Fsp3) is 0.810. The fourth-order valence-electron chi connectivity index (χ4n) is 4.80. The highest BCUT2D eigenvalue weighted by Gasteiger charge is 2.41. The summed E-state index contributed by atoms with van der Waals surface area (Å²) in [5, 5.41) is 0. The van der Waals surface area contributed by atoms with Crippen LogP contribution in [0, 0.1) is 16.7 Å². The molecule has 5 unspecified atom stereocenters. The van der Waals surface area contributed by atoms with Crippen LogP contribution < -0.4 is 0 Å². The van der Waals surface area contributed by atoms with Crippen LogP contribution in [0.2, 0.25) is 0 Å². The van der Waals surface area contributed by atoms with E-state index in [0.717, 1.165) is 32.1 Å². The maximum absolute atomic E-state index is 10.3. The first kappa shape index (κ1) is 24.6. The van der Waals surface area contributed by atoms with Crippen molar-refractivity contribution in [3.63, 3.8) is 0 Å². The van der Waals surface area contributed by atoms with Gasteiger partial charge >= 0.3 is 0 Å². The molecule has 0 radical (unpaired) electrons. The molecule has 0 N–H and O–H groups in total. The number of aliphatic imine (C=N–C) groups is 4. The zero-order chi connectivity index (χ0) is 21.9. The Kier molecular flexibility index (Phi) is 9.74. The number of hydrogen-bond donors (Lipinski definition) is 0. The molecule has 2 fully saturated rings. The highest BCUT2D eigenvalue weighted by molar-refractivity contribution is 5.35. The third-order valence-corrected chi connectivity index (χ3v) is 5.76. The molecular formula is C21H30N4O4. The zero-order valence-corrected chi connectivity index (χ0v) is 17.7. The van der Waals surface area contributed by atoms with Crippen molar-refractivity contribution in [3.8, 4) is 0 Å². The third-order valence-electron chi connectivity index (χ3n) is 5.76. The molecule has 158 valence electrons. The molecule has 2 rings (SSSR count). The van der Waals surface area contributed by atoms with Gasteiger partial charge in [-0.3, -0.25) is 0 Å². The average Bonchev–Trinajstić information content (AvgIpc) is 2.62. The minimum atomic E-state index is -0.0653. The molecule has 0 spiro atoms. The van der Waals surface area contributed by atoms with Crippen molar-refractivity contribution in [1.29, 1.82) is 0 Å². The molecule has 0 aromatic rings. The fourth-order valence-corrected chi connectivity index (χ4v) is 4.80. The van der Waals surface area contributed by atoms with E-state index in [4.69, 9.17) is 0 Å². The first-order chi connectivity index (χ1) is 13.7. The lowest BCUT2D eigenvalue weighted by Gasteiger charge is -2.44. The number of nitrogens with zero attached hydrogens (tertiary/aromatic N) is 4. The standard InChI is InChI=1S/C12H18N2O2.C9H12N2O2/c1-11(2)4-10(14-9-16)5-12(3,6-11)7-13-8-15;1-7-2-3-8(10-5-12)4-9(7)11-6-13/h10H,4-7H2,1-3H3;7-9H,2-4H2,1H3. The van der Waals surface area contributed by atoms with Crippen LogP contribution in [0.3, 0.4) is 0 Å². The van der Waals surface area contributed by atoms with Crippen molar-refractivity contribution in [3.05, 3.63) is 0 Å². The van der Waals surface area contributed by atoms with Gasteiger partial charge in [-0.15, -0.1) is 0 Å². The zero-order valence-electron chi connectivity index (χ0n) is 17.7. The predicted molar refractivity (Wildman–Crippen MR) is 107 cm³/mol. The summed E-state index contributed by atoms with van der Waals surface area (Å²) >= 11 is 0. The molecule has 8 nitrogen and oxygen atoms in total. The summed E-state index contributed by atoms with van der Waals surface area (Å²) in [7, 11) is 0. The van der Waals surface area contributed by atoms with Crippen LogP contribution in [0.1, 0.15) is 66.2 Å². The first-order valence-electron chi connectivity index (χ1n) is 9.93. The van der Waals surface area contributed by atoms with Gasteiger partial charge in [-0.25, -0.2) is 39.1 Å². The normalized spacial score (nSPS) is 32.6. The highest BCUT2D eigenvalue weighted by atomic mass is 16.1. The van der Waals surface area contributed by atoms with Gasteiger partial charge in [0.1, 0.15) is 0 Å². The van der Waals surface area contributed by atoms with Gasteiger partial charge in [0.25, 0.3) is 0 Å². The third kappa shape index (κ3) is 8.60. The van der Waals surface area contributed by atoms with Gasteiger partial charge in [-0.05, 0) is 55.3 Å². The minimum absolute atomic E-state index is 0.00389. The molecule has 5 atom stereocenters. The van der Waals surface area contributed by atoms with Crippen molar-refractivity contribution < 1.29 is 19.2 Å². The van der Waals surface area contributed by atoms with Crippen molar-refractivity contribution in [2.75, 3.05) is 6.54 Å². The Morgan fingerprint density at radius 3 is 2.03 bits per heavy atom. The highest BCUT2D eigenvalue weighted by Crippen LogP contribution is 2.47. The van der Waals surface area contributed by atoms with Crippen LogP contribution in [0.5, 0.6) is 0 Å². The van der Waals surface area contributed by atoms with E-state index in [1.807, 2.05) is 6.92 Å². The molecule has 0 amide bonds. The first-order valence-corrected chi connectivity index (χ1v) is 9.93. The van der Waals surface area contributed by atoms with Crippen LogP contribution in [0.15, 0.2) is 20.0 Å². The molecule has 0 aromatic heterocycles. The SMILES string of the molecule is CC1(C)CC(N=C=O)CC(C)(CN=C=O)C1.CC1CCC(N=C=O)CC1N=C=O. The number of rotatable bonds is 5. The minimum Gasteiger partial charge on any atom is -0.211 e. The van der Waals surface area contributed by atoms with Gasteiger partial charge < -0.3 is 0 Å². The molecular weight excluding hydrogens is 372 g/mol. The Hall–Kier alpha value is -2.48. The smallest absolute Gasteiger partial charge is 0.211 e. The second kappa shape index (κ2) is 11.5. The second-order valence-electron chi connectivity index (χ2n) is 9.29. The number of isocyanates is 4. The number of carbonyl (C=O) groups excluding carboxylic acids is 4. The van der Waals surface area contributed by atoms with Gasteiger partial charge in [0.05, 0.1) is 24.7 Å². The van der Waals surface area contributed by atoms with Crippen molar-refractivity contribution in [2.45, 2.75) is 84.3 Å². The van der Waals surface area contributed by atoms with Crippen molar-refractivity contribution >= 4 is 24.3 Å². The largest absolute Gasteiger partial charge is 0.235 e. The monoisotopic (exact) mass is 402 g/mol. The quantitative estimate of drug-likeness (QED) is 0.517. The van der Waals surface area contributed by atoms with Gasteiger partial charge in [-0.2, -0.15) is 0 Å². The van der Waals surface area contributed by atoms with E-state index in [-0.39, 0.29) is 29.0 Å². The summed E-state index contributed by atoms with van der Waals surface area (Å²) in [5.41, 5.74) is 0.0561. The molecule has 2 aliphatic rings. The summed E-state index contributed by atoms with van der Waals surface area (Å²) < 4.78 is 0. The van der Waals surface area contributed by atoms with E-state index in [1.54, 1.807) is 24.3 Å².